The normalized spacial score (nSPS) is 27.0. The van der Waals surface area contributed by atoms with Gasteiger partial charge in [-0.3, -0.25) is 4.90 Å². The van der Waals surface area contributed by atoms with Gasteiger partial charge in [0.1, 0.15) is 0 Å². The first-order chi connectivity index (χ1) is 7.59. The fourth-order valence-electron chi connectivity index (χ4n) is 2.41. The predicted molar refractivity (Wildman–Crippen MR) is 69.0 cm³/mol. The average Bonchev–Trinajstić information content (AvgIpc) is 2.23. The Kier molecular flexibility index (Phi) is 3.75. The van der Waals surface area contributed by atoms with E-state index >= 15 is 0 Å². The molecule has 2 unspecified atom stereocenters. The van der Waals surface area contributed by atoms with Crippen LogP contribution in [0.1, 0.15) is 24.4 Å². The second kappa shape index (κ2) is 4.92. The largest absolute Gasteiger partial charge is 0.326 e. The number of benzene rings is 1. The molecule has 0 radical (unpaired) electrons. The molecule has 2 nitrogen and oxygen atoms in total. The molecule has 0 saturated carbocycles. The first-order valence-electron chi connectivity index (χ1n) is 5.50. The maximum Gasteiger partial charge on any atom is 0.0511 e. The minimum absolute atomic E-state index is 0.134. The second-order valence-corrected chi connectivity index (χ2v) is 5.24. The minimum Gasteiger partial charge on any atom is -0.326 e. The van der Waals surface area contributed by atoms with Gasteiger partial charge in [-0.25, -0.2) is 0 Å². The van der Waals surface area contributed by atoms with Crippen molar-refractivity contribution < 1.29 is 0 Å². The van der Waals surface area contributed by atoms with Crippen LogP contribution in [0.15, 0.2) is 18.2 Å². The highest BCUT2D eigenvalue weighted by Crippen LogP contribution is 2.34. The Morgan fingerprint density at radius 2 is 2.12 bits per heavy atom. The second-order valence-electron chi connectivity index (χ2n) is 4.40. The number of halogens is 2. The third-order valence-electron chi connectivity index (χ3n) is 3.21. The molecule has 0 amide bonds. The van der Waals surface area contributed by atoms with E-state index in [9.17, 15) is 0 Å². The summed E-state index contributed by atoms with van der Waals surface area (Å²) in [6, 6.07) is 5.89. The molecule has 1 aliphatic heterocycles. The van der Waals surface area contributed by atoms with Gasteiger partial charge in [0, 0.05) is 16.1 Å². The van der Waals surface area contributed by atoms with Crippen molar-refractivity contribution in [2.24, 2.45) is 5.73 Å². The van der Waals surface area contributed by atoms with Crippen molar-refractivity contribution >= 4 is 23.2 Å². The van der Waals surface area contributed by atoms with E-state index in [1.807, 2.05) is 18.2 Å². The number of piperidine rings is 1. The Morgan fingerprint density at radius 3 is 2.81 bits per heavy atom. The summed E-state index contributed by atoms with van der Waals surface area (Å²) in [6.45, 7) is 1.06. The standard InChI is InChI=1S/C12H16Cl2N2/c1-16-6-2-3-11(15)12(16)9-7-8(13)4-5-10(9)14/h4-5,7,11-12H,2-3,6,15H2,1H3. The lowest BCUT2D eigenvalue weighted by molar-refractivity contribution is 0.163. The Bertz CT molecular complexity index is 371. The number of likely N-dealkylation sites (N-methyl/N-ethyl adjacent to an activating group) is 1. The van der Waals surface area contributed by atoms with Crippen molar-refractivity contribution in [1.82, 2.24) is 4.90 Å². The Hall–Kier alpha value is -0.280. The Morgan fingerprint density at radius 1 is 1.38 bits per heavy atom. The smallest absolute Gasteiger partial charge is 0.0511 e. The van der Waals surface area contributed by atoms with E-state index in [0.717, 1.165) is 30.0 Å². The lowest BCUT2D eigenvalue weighted by Crippen LogP contribution is -2.43. The summed E-state index contributed by atoms with van der Waals surface area (Å²) in [7, 11) is 2.08. The van der Waals surface area contributed by atoms with E-state index in [1.54, 1.807) is 0 Å². The highest BCUT2D eigenvalue weighted by Gasteiger charge is 2.29. The fraction of sp³-hybridized carbons (Fsp3) is 0.500. The van der Waals surface area contributed by atoms with Crippen LogP contribution in [0.5, 0.6) is 0 Å². The molecule has 1 fully saturated rings. The molecule has 1 aliphatic rings. The number of nitrogens with zero attached hydrogens (tertiary/aromatic N) is 1. The van der Waals surface area contributed by atoms with Crippen LogP contribution in [0.2, 0.25) is 10.0 Å². The molecular weight excluding hydrogens is 243 g/mol. The topological polar surface area (TPSA) is 29.3 Å². The zero-order valence-corrected chi connectivity index (χ0v) is 10.8. The van der Waals surface area contributed by atoms with Crippen LogP contribution in [0.3, 0.4) is 0 Å². The van der Waals surface area contributed by atoms with Crippen LogP contribution in [0.25, 0.3) is 0 Å². The molecule has 88 valence electrons. The van der Waals surface area contributed by atoms with Gasteiger partial charge >= 0.3 is 0 Å². The molecule has 16 heavy (non-hydrogen) atoms. The van der Waals surface area contributed by atoms with Gasteiger partial charge in [-0.05, 0) is 50.2 Å². The number of hydrogen-bond acceptors (Lipinski definition) is 2. The summed E-state index contributed by atoms with van der Waals surface area (Å²) in [4.78, 5) is 2.26. The van der Waals surface area contributed by atoms with E-state index in [-0.39, 0.29) is 12.1 Å². The van der Waals surface area contributed by atoms with E-state index < -0.39 is 0 Å². The highest BCUT2D eigenvalue weighted by atomic mass is 35.5. The Labute approximate surface area is 106 Å². The van der Waals surface area contributed by atoms with E-state index in [2.05, 4.69) is 11.9 Å². The van der Waals surface area contributed by atoms with Crippen molar-refractivity contribution in [1.29, 1.82) is 0 Å². The van der Waals surface area contributed by atoms with Gasteiger partial charge in [0.2, 0.25) is 0 Å². The lowest BCUT2D eigenvalue weighted by Gasteiger charge is -2.38. The summed E-state index contributed by atoms with van der Waals surface area (Å²) >= 11 is 12.2. The molecule has 1 aromatic carbocycles. The molecule has 2 N–H and O–H groups in total. The van der Waals surface area contributed by atoms with Crippen LogP contribution in [0.4, 0.5) is 0 Å². The molecule has 4 heteroatoms. The monoisotopic (exact) mass is 258 g/mol. The van der Waals surface area contributed by atoms with E-state index in [1.165, 1.54) is 0 Å². The molecule has 0 spiro atoms. The highest BCUT2D eigenvalue weighted by molar-refractivity contribution is 6.33. The van der Waals surface area contributed by atoms with Gasteiger partial charge in [-0.2, -0.15) is 0 Å². The summed E-state index contributed by atoms with van der Waals surface area (Å²) in [5, 5.41) is 1.46. The van der Waals surface area contributed by atoms with Gasteiger partial charge in [0.05, 0.1) is 6.04 Å². The molecule has 1 aromatic rings. The maximum atomic E-state index is 6.22. The van der Waals surface area contributed by atoms with Crippen LogP contribution in [0, 0.1) is 0 Å². The fourth-order valence-corrected chi connectivity index (χ4v) is 2.82. The summed E-state index contributed by atoms with van der Waals surface area (Å²) < 4.78 is 0. The summed E-state index contributed by atoms with van der Waals surface area (Å²) in [5.74, 6) is 0. The maximum absolute atomic E-state index is 6.22. The summed E-state index contributed by atoms with van der Waals surface area (Å²) in [6.07, 6.45) is 2.18. The molecule has 0 aromatic heterocycles. The molecule has 0 bridgehead atoms. The van der Waals surface area contributed by atoms with Crippen molar-refractivity contribution in [3.05, 3.63) is 33.8 Å². The SMILES string of the molecule is CN1CCCC(N)C1c1cc(Cl)ccc1Cl. The third kappa shape index (κ3) is 2.35. The van der Waals surface area contributed by atoms with Gasteiger partial charge < -0.3 is 5.73 Å². The summed E-state index contributed by atoms with van der Waals surface area (Å²) in [5.41, 5.74) is 7.22. The van der Waals surface area contributed by atoms with Crippen molar-refractivity contribution in [2.75, 3.05) is 13.6 Å². The first kappa shape index (κ1) is 12.2. The zero-order chi connectivity index (χ0) is 11.7. The van der Waals surface area contributed by atoms with Crippen LogP contribution >= 0.6 is 23.2 Å². The molecule has 2 rings (SSSR count). The number of likely N-dealkylation sites (tertiary alicyclic amines) is 1. The van der Waals surface area contributed by atoms with Crippen molar-refractivity contribution in [3.8, 4) is 0 Å². The third-order valence-corrected chi connectivity index (χ3v) is 3.78. The molecule has 1 saturated heterocycles. The van der Waals surface area contributed by atoms with E-state index in [4.69, 9.17) is 28.9 Å². The lowest BCUT2D eigenvalue weighted by atomic mass is 9.91. The number of nitrogens with two attached hydrogens (primary N) is 1. The quantitative estimate of drug-likeness (QED) is 0.839. The number of rotatable bonds is 1. The van der Waals surface area contributed by atoms with Gasteiger partial charge in [-0.1, -0.05) is 23.2 Å². The van der Waals surface area contributed by atoms with Crippen LogP contribution in [-0.2, 0) is 0 Å². The number of hydrogen-bond donors (Lipinski definition) is 1. The van der Waals surface area contributed by atoms with Crippen LogP contribution < -0.4 is 5.73 Å². The van der Waals surface area contributed by atoms with Crippen molar-refractivity contribution in [3.63, 3.8) is 0 Å². The minimum atomic E-state index is 0.134. The predicted octanol–water partition coefficient (Wildman–Crippen LogP) is 3.09. The van der Waals surface area contributed by atoms with E-state index in [0.29, 0.717) is 5.02 Å². The van der Waals surface area contributed by atoms with Crippen molar-refractivity contribution in [2.45, 2.75) is 24.9 Å². The van der Waals surface area contributed by atoms with Gasteiger partial charge in [0.25, 0.3) is 0 Å². The average molecular weight is 259 g/mol. The zero-order valence-electron chi connectivity index (χ0n) is 9.29. The molecule has 1 heterocycles. The van der Waals surface area contributed by atoms with Gasteiger partial charge in [0.15, 0.2) is 0 Å². The molecular formula is C12H16Cl2N2. The first-order valence-corrected chi connectivity index (χ1v) is 6.26. The van der Waals surface area contributed by atoms with Crippen LogP contribution in [-0.4, -0.2) is 24.5 Å². The molecule has 0 aliphatic carbocycles. The Balaban J connectivity index is 2.37. The molecule has 2 atom stereocenters. The van der Waals surface area contributed by atoms with Gasteiger partial charge in [-0.15, -0.1) is 0 Å².